The standard InChI is InChI=1S/C11H18N4O2/c1-17-7-6-15-5-3-9(8-15)13-11(16)10-2-4-12-14-10/h2,4,9H,3,5-8H2,1H3,(H,12,14)(H,13,16)/t9-/m1/s1. The maximum absolute atomic E-state index is 11.8. The summed E-state index contributed by atoms with van der Waals surface area (Å²) in [6.45, 7) is 3.56. The summed E-state index contributed by atoms with van der Waals surface area (Å²) in [6.07, 6.45) is 2.57. The lowest BCUT2D eigenvalue weighted by atomic mass is 10.2. The third-order valence-corrected chi connectivity index (χ3v) is 2.96. The Hall–Kier alpha value is -1.40. The van der Waals surface area contributed by atoms with Crippen molar-refractivity contribution in [3.63, 3.8) is 0 Å². The molecule has 1 aliphatic heterocycles. The normalized spacial score (nSPS) is 20.6. The van der Waals surface area contributed by atoms with E-state index >= 15 is 0 Å². The van der Waals surface area contributed by atoms with Gasteiger partial charge in [-0.2, -0.15) is 5.10 Å². The number of hydrogen-bond acceptors (Lipinski definition) is 4. The predicted octanol–water partition coefficient (Wildman–Crippen LogP) is -0.140. The number of carbonyl (C=O) groups is 1. The van der Waals surface area contributed by atoms with Crippen LogP contribution in [0.25, 0.3) is 0 Å². The van der Waals surface area contributed by atoms with Crippen LogP contribution in [0.4, 0.5) is 0 Å². The van der Waals surface area contributed by atoms with E-state index in [2.05, 4.69) is 20.4 Å². The van der Waals surface area contributed by atoms with Gasteiger partial charge in [-0.1, -0.05) is 0 Å². The molecule has 2 heterocycles. The van der Waals surface area contributed by atoms with E-state index in [0.717, 1.165) is 32.7 Å². The van der Waals surface area contributed by atoms with Crippen LogP contribution in [-0.4, -0.2) is 60.4 Å². The van der Waals surface area contributed by atoms with Gasteiger partial charge in [0.2, 0.25) is 0 Å². The van der Waals surface area contributed by atoms with E-state index in [0.29, 0.717) is 5.69 Å². The second-order valence-corrected chi connectivity index (χ2v) is 4.22. The number of H-pyrrole nitrogens is 1. The van der Waals surface area contributed by atoms with Gasteiger partial charge in [-0.05, 0) is 12.5 Å². The van der Waals surface area contributed by atoms with Gasteiger partial charge >= 0.3 is 0 Å². The third-order valence-electron chi connectivity index (χ3n) is 2.96. The molecule has 0 saturated carbocycles. The molecule has 6 heteroatoms. The number of ether oxygens (including phenoxy) is 1. The minimum absolute atomic E-state index is 0.0823. The van der Waals surface area contributed by atoms with E-state index in [9.17, 15) is 4.79 Å². The molecule has 2 N–H and O–H groups in total. The van der Waals surface area contributed by atoms with Crippen molar-refractivity contribution in [3.8, 4) is 0 Å². The van der Waals surface area contributed by atoms with Gasteiger partial charge in [0, 0.05) is 39.0 Å². The summed E-state index contributed by atoms with van der Waals surface area (Å²) < 4.78 is 5.04. The van der Waals surface area contributed by atoms with Gasteiger partial charge in [-0.25, -0.2) is 0 Å². The van der Waals surface area contributed by atoms with Gasteiger partial charge in [-0.3, -0.25) is 14.8 Å². The number of rotatable bonds is 5. The Balaban J connectivity index is 1.76. The first-order chi connectivity index (χ1) is 8.29. The molecule has 1 saturated heterocycles. The SMILES string of the molecule is COCCN1CC[C@@H](NC(=O)c2ccn[nH]2)C1. The van der Waals surface area contributed by atoms with E-state index in [1.807, 2.05) is 0 Å². The van der Waals surface area contributed by atoms with E-state index in [-0.39, 0.29) is 11.9 Å². The van der Waals surface area contributed by atoms with Crippen LogP contribution in [0.5, 0.6) is 0 Å². The lowest BCUT2D eigenvalue weighted by Gasteiger charge is -2.15. The molecule has 6 nitrogen and oxygen atoms in total. The maximum Gasteiger partial charge on any atom is 0.269 e. The predicted molar refractivity (Wildman–Crippen MR) is 62.8 cm³/mol. The lowest BCUT2D eigenvalue weighted by molar-refractivity contribution is 0.0931. The number of carbonyl (C=O) groups excluding carboxylic acids is 1. The second kappa shape index (κ2) is 5.79. The fourth-order valence-corrected chi connectivity index (χ4v) is 2.02. The summed E-state index contributed by atoms with van der Waals surface area (Å²) in [5.41, 5.74) is 0.514. The quantitative estimate of drug-likeness (QED) is 0.749. The van der Waals surface area contributed by atoms with Crippen LogP contribution in [0.3, 0.4) is 0 Å². The molecule has 0 bridgehead atoms. The monoisotopic (exact) mass is 238 g/mol. The Labute approximate surface area is 100 Å². The fraction of sp³-hybridized carbons (Fsp3) is 0.636. The minimum atomic E-state index is -0.0823. The first kappa shape index (κ1) is 12.1. The van der Waals surface area contributed by atoms with Gasteiger partial charge in [0.25, 0.3) is 5.91 Å². The number of amides is 1. The Bertz CT molecular complexity index is 352. The van der Waals surface area contributed by atoms with Crippen molar-refractivity contribution in [2.45, 2.75) is 12.5 Å². The van der Waals surface area contributed by atoms with Crippen LogP contribution >= 0.6 is 0 Å². The van der Waals surface area contributed by atoms with Crippen molar-refractivity contribution < 1.29 is 9.53 Å². The van der Waals surface area contributed by atoms with Crippen LogP contribution in [0, 0.1) is 0 Å². The fourth-order valence-electron chi connectivity index (χ4n) is 2.02. The topological polar surface area (TPSA) is 70.2 Å². The molecule has 1 aliphatic rings. The van der Waals surface area contributed by atoms with Gasteiger partial charge < -0.3 is 10.1 Å². The third kappa shape index (κ3) is 3.28. The first-order valence-corrected chi connectivity index (χ1v) is 5.81. The average molecular weight is 238 g/mol. The van der Waals surface area contributed by atoms with E-state index in [1.165, 1.54) is 0 Å². The van der Waals surface area contributed by atoms with Crippen molar-refractivity contribution in [1.82, 2.24) is 20.4 Å². The summed E-state index contributed by atoms with van der Waals surface area (Å²) in [6, 6.07) is 1.90. The molecular formula is C11H18N4O2. The van der Waals surface area contributed by atoms with E-state index < -0.39 is 0 Å². The number of nitrogens with one attached hydrogen (secondary N) is 2. The van der Waals surface area contributed by atoms with Crippen molar-refractivity contribution in [3.05, 3.63) is 18.0 Å². The molecule has 1 atom stereocenters. The maximum atomic E-state index is 11.8. The molecule has 1 aromatic heterocycles. The molecule has 0 radical (unpaired) electrons. The van der Waals surface area contributed by atoms with E-state index in [4.69, 9.17) is 4.74 Å². The highest BCUT2D eigenvalue weighted by atomic mass is 16.5. The van der Waals surface area contributed by atoms with Gasteiger partial charge in [0.05, 0.1) is 6.61 Å². The molecule has 1 aromatic rings. The van der Waals surface area contributed by atoms with Gasteiger partial charge in [0.15, 0.2) is 0 Å². The highest BCUT2D eigenvalue weighted by Gasteiger charge is 2.23. The molecule has 0 unspecified atom stereocenters. The Morgan fingerprint density at radius 1 is 1.76 bits per heavy atom. The number of nitrogens with zero attached hydrogens (tertiary/aromatic N) is 2. The van der Waals surface area contributed by atoms with Crippen LogP contribution in [-0.2, 0) is 4.74 Å². The number of methoxy groups -OCH3 is 1. The van der Waals surface area contributed by atoms with Crippen LogP contribution < -0.4 is 5.32 Å². The Morgan fingerprint density at radius 3 is 3.35 bits per heavy atom. The molecule has 0 spiro atoms. The summed E-state index contributed by atoms with van der Waals surface area (Å²) in [4.78, 5) is 14.0. The summed E-state index contributed by atoms with van der Waals surface area (Å²) in [5, 5.41) is 9.42. The summed E-state index contributed by atoms with van der Waals surface area (Å²) >= 11 is 0. The molecule has 2 rings (SSSR count). The molecule has 0 aliphatic carbocycles. The van der Waals surface area contributed by atoms with Crippen molar-refractivity contribution in [2.24, 2.45) is 0 Å². The van der Waals surface area contributed by atoms with Gasteiger partial charge in [-0.15, -0.1) is 0 Å². The second-order valence-electron chi connectivity index (χ2n) is 4.22. The van der Waals surface area contributed by atoms with Crippen LogP contribution in [0.1, 0.15) is 16.9 Å². The number of hydrogen-bond donors (Lipinski definition) is 2. The van der Waals surface area contributed by atoms with Crippen molar-refractivity contribution in [2.75, 3.05) is 33.4 Å². The lowest BCUT2D eigenvalue weighted by Crippen LogP contribution is -2.37. The smallest absolute Gasteiger partial charge is 0.269 e. The van der Waals surface area contributed by atoms with Gasteiger partial charge in [0.1, 0.15) is 5.69 Å². The highest BCUT2D eigenvalue weighted by molar-refractivity contribution is 5.92. The number of aromatic amines is 1. The number of likely N-dealkylation sites (tertiary alicyclic amines) is 1. The zero-order valence-electron chi connectivity index (χ0n) is 9.98. The zero-order chi connectivity index (χ0) is 12.1. The highest BCUT2D eigenvalue weighted by Crippen LogP contribution is 2.09. The van der Waals surface area contributed by atoms with E-state index in [1.54, 1.807) is 19.4 Å². The average Bonchev–Trinajstić information content (AvgIpc) is 2.97. The van der Waals surface area contributed by atoms with Crippen LogP contribution in [0.15, 0.2) is 12.3 Å². The van der Waals surface area contributed by atoms with Crippen LogP contribution in [0.2, 0.25) is 0 Å². The molecule has 17 heavy (non-hydrogen) atoms. The van der Waals surface area contributed by atoms with Crippen molar-refractivity contribution >= 4 is 5.91 Å². The molecular weight excluding hydrogens is 220 g/mol. The Morgan fingerprint density at radius 2 is 2.65 bits per heavy atom. The largest absolute Gasteiger partial charge is 0.383 e. The first-order valence-electron chi connectivity index (χ1n) is 5.81. The Kier molecular flexibility index (Phi) is 4.11. The minimum Gasteiger partial charge on any atom is -0.383 e. The molecule has 1 fully saturated rings. The summed E-state index contributed by atoms with van der Waals surface area (Å²) in [5.74, 6) is -0.0823. The molecule has 0 aromatic carbocycles. The summed E-state index contributed by atoms with van der Waals surface area (Å²) in [7, 11) is 1.70. The molecule has 1 amide bonds. The molecule has 94 valence electrons. The van der Waals surface area contributed by atoms with Crippen molar-refractivity contribution in [1.29, 1.82) is 0 Å². The zero-order valence-corrected chi connectivity index (χ0v) is 9.98. The number of aromatic nitrogens is 2.